The normalized spacial score (nSPS) is 10.8. The Kier molecular flexibility index (Phi) is 5.05. The molecule has 0 bridgehead atoms. The van der Waals surface area contributed by atoms with Crippen LogP contribution in [0.3, 0.4) is 0 Å². The van der Waals surface area contributed by atoms with Gasteiger partial charge in [-0.25, -0.2) is 4.68 Å². The molecule has 0 fully saturated rings. The topological polar surface area (TPSA) is 60.7 Å². The molecule has 5 nitrogen and oxygen atoms in total. The van der Waals surface area contributed by atoms with Crippen LogP contribution in [-0.4, -0.2) is 31.7 Å². The molecule has 24 heavy (non-hydrogen) atoms. The predicted molar refractivity (Wildman–Crippen MR) is 94.3 cm³/mol. The van der Waals surface area contributed by atoms with Crippen LogP contribution >= 0.6 is 11.8 Å². The molecule has 0 unspecified atom stereocenters. The van der Waals surface area contributed by atoms with Gasteiger partial charge in [0, 0.05) is 5.56 Å². The maximum absolute atomic E-state index is 12.5. The molecule has 0 aliphatic rings. The van der Waals surface area contributed by atoms with Crippen LogP contribution in [0.25, 0.3) is 0 Å². The summed E-state index contributed by atoms with van der Waals surface area (Å²) in [5.74, 6) is 0.412. The number of benzene rings is 2. The lowest BCUT2D eigenvalue weighted by atomic mass is 10.0. The second-order valence-corrected chi connectivity index (χ2v) is 6.58. The van der Waals surface area contributed by atoms with Gasteiger partial charge < -0.3 is 0 Å². The molecule has 3 aromatic rings. The Balaban J connectivity index is 1.68. The van der Waals surface area contributed by atoms with Gasteiger partial charge in [-0.05, 0) is 41.5 Å². The molecule has 1 aromatic heterocycles. The van der Waals surface area contributed by atoms with E-state index >= 15 is 0 Å². The first-order chi connectivity index (χ1) is 11.6. The van der Waals surface area contributed by atoms with Crippen molar-refractivity contribution in [3.05, 3.63) is 70.8 Å². The van der Waals surface area contributed by atoms with E-state index in [0.717, 1.165) is 22.3 Å². The van der Waals surface area contributed by atoms with Crippen molar-refractivity contribution in [1.82, 2.24) is 20.2 Å². The fourth-order valence-electron chi connectivity index (χ4n) is 2.40. The number of carbonyl (C=O) groups is 1. The molecular weight excluding hydrogens is 320 g/mol. The molecular formula is C18H18N4OS. The molecule has 0 amide bonds. The molecule has 0 atom stereocenters. The fourth-order valence-corrected chi connectivity index (χ4v) is 3.16. The van der Waals surface area contributed by atoms with Crippen LogP contribution in [0.1, 0.15) is 27.0 Å². The van der Waals surface area contributed by atoms with E-state index in [4.69, 9.17) is 0 Å². The third-order valence-corrected chi connectivity index (χ3v) is 4.66. The van der Waals surface area contributed by atoms with Crippen LogP contribution in [0, 0.1) is 13.8 Å². The number of ketones is 1. The van der Waals surface area contributed by atoms with Crippen LogP contribution in [0.4, 0.5) is 0 Å². The third-order valence-electron chi connectivity index (χ3n) is 3.70. The molecule has 0 spiro atoms. The number of tetrazole rings is 1. The SMILES string of the molecule is Cc1ccc(C)c(C(=O)CSc2nnnn2Cc2ccccc2)c1. The van der Waals surface area contributed by atoms with E-state index in [1.165, 1.54) is 11.8 Å². The Morgan fingerprint density at radius 3 is 2.71 bits per heavy atom. The summed E-state index contributed by atoms with van der Waals surface area (Å²) in [6.45, 7) is 4.54. The van der Waals surface area contributed by atoms with E-state index < -0.39 is 0 Å². The predicted octanol–water partition coefficient (Wildman–Crippen LogP) is 3.31. The van der Waals surface area contributed by atoms with Crippen molar-refractivity contribution in [2.45, 2.75) is 25.5 Å². The molecule has 0 N–H and O–H groups in total. The van der Waals surface area contributed by atoms with Crippen LogP contribution < -0.4 is 0 Å². The number of carbonyl (C=O) groups excluding carboxylic acids is 1. The van der Waals surface area contributed by atoms with E-state index in [0.29, 0.717) is 17.5 Å². The summed E-state index contributed by atoms with van der Waals surface area (Å²) in [7, 11) is 0. The molecule has 0 radical (unpaired) electrons. The van der Waals surface area contributed by atoms with Gasteiger partial charge in [0.05, 0.1) is 12.3 Å². The number of nitrogens with zero attached hydrogens (tertiary/aromatic N) is 4. The minimum absolute atomic E-state index is 0.0930. The lowest BCUT2D eigenvalue weighted by Crippen LogP contribution is -2.08. The van der Waals surface area contributed by atoms with Crippen molar-refractivity contribution in [3.63, 3.8) is 0 Å². The Bertz CT molecular complexity index is 845. The maximum Gasteiger partial charge on any atom is 0.210 e. The average Bonchev–Trinajstić information content (AvgIpc) is 3.03. The summed E-state index contributed by atoms with van der Waals surface area (Å²) in [4.78, 5) is 12.5. The first-order valence-electron chi connectivity index (χ1n) is 7.67. The quantitative estimate of drug-likeness (QED) is 0.510. The fraction of sp³-hybridized carbons (Fsp3) is 0.222. The second kappa shape index (κ2) is 7.40. The largest absolute Gasteiger partial charge is 0.293 e. The number of aryl methyl sites for hydroxylation is 2. The zero-order chi connectivity index (χ0) is 16.9. The van der Waals surface area contributed by atoms with E-state index in [2.05, 4.69) is 15.5 Å². The van der Waals surface area contributed by atoms with Crippen molar-refractivity contribution in [3.8, 4) is 0 Å². The minimum atomic E-state index is 0.0930. The van der Waals surface area contributed by atoms with Crippen LogP contribution in [0.15, 0.2) is 53.7 Å². The zero-order valence-corrected chi connectivity index (χ0v) is 14.5. The van der Waals surface area contributed by atoms with Gasteiger partial charge >= 0.3 is 0 Å². The highest BCUT2D eigenvalue weighted by Crippen LogP contribution is 2.19. The van der Waals surface area contributed by atoms with Crippen molar-refractivity contribution >= 4 is 17.5 Å². The molecule has 3 rings (SSSR count). The molecule has 2 aromatic carbocycles. The highest BCUT2D eigenvalue weighted by atomic mass is 32.2. The molecule has 122 valence electrons. The Morgan fingerprint density at radius 2 is 1.92 bits per heavy atom. The van der Waals surface area contributed by atoms with Gasteiger partial charge in [0.1, 0.15) is 0 Å². The molecule has 1 heterocycles. The van der Waals surface area contributed by atoms with Gasteiger partial charge in [0.2, 0.25) is 5.16 Å². The van der Waals surface area contributed by atoms with E-state index in [1.807, 2.05) is 62.4 Å². The van der Waals surface area contributed by atoms with Gasteiger partial charge in [0.15, 0.2) is 5.78 Å². The molecule has 0 aliphatic heterocycles. The van der Waals surface area contributed by atoms with Crippen molar-refractivity contribution in [1.29, 1.82) is 0 Å². The van der Waals surface area contributed by atoms with Gasteiger partial charge in [-0.3, -0.25) is 4.79 Å². The lowest BCUT2D eigenvalue weighted by molar-refractivity contribution is 0.102. The zero-order valence-electron chi connectivity index (χ0n) is 13.6. The molecule has 0 saturated carbocycles. The number of aromatic nitrogens is 4. The second-order valence-electron chi connectivity index (χ2n) is 5.63. The van der Waals surface area contributed by atoms with Gasteiger partial charge in [-0.15, -0.1) is 5.10 Å². The van der Waals surface area contributed by atoms with E-state index in [9.17, 15) is 4.79 Å². The van der Waals surface area contributed by atoms with E-state index in [-0.39, 0.29) is 5.78 Å². The molecule has 6 heteroatoms. The van der Waals surface area contributed by atoms with Gasteiger partial charge in [-0.2, -0.15) is 0 Å². The van der Waals surface area contributed by atoms with Crippen molar-refractivity contribution in [2.24, 2.45) is 0 Å². The van der Waals surface area contributed by atoms with Gasteiger partial charge in [-0.1, -0.05) is 59.8 Å². The van der Waals surface area contributed by atoms with E-state index in [1.54, 1.807) is 4.68 Å². The minimum Gasteiger partial charge on any atom is -0.293 e. The first kappa shape index (κ1) is 16.4. The molecule has 0 saturated heterocycles. The highest BCUT2D eigenvalue weighted by Gasteiger charge is 2.13. The Labute approximate surface area is 145 Å². The average molecular weight is 338 g/mol. The first-order valence-corrected chi connectivity index (χ1v) is 8.65. The smallest absolute Gasteiger partial charge is 0.210 e. The third kappa shape index (κ3) is 3.89. The number of thioether (sulfide) groups is 1. The summed E-state index contributed by atoms with van der Waals surface area (Å²) in [5.41, 5.74) is 3.97. The monoisotopic (exact) mass is 338 g/mol. The summed E-state index contributed by atoms with van der Waals surface area (Å²) >= 11 is 1.37. The summed E-state index contributed by atoms with van der Waals surface area (Å²) < 4.78 is 1.72. The number of hydrogen-bond acceptors (Lipinski definition) is 5. The highest BCUT2D eigenvalue weighted by molar-refractivity contribution is 7.99. The summed E-state index contributed by atoms with van der Waals surface area (Å²) in [6, 6.07) is 15.9. The Morgan fingerprint density at radius 1 is 1.12 bits per heavy atom. The summed E-state index contributed by atoms with van der Waals surface area (Å²) in [6.07, 6.45) is 0. The number of hydrogen-bond donors (Lipinski definition) is 0. The lowest BCUT2D eigenvalue weighted by Gasteiger charge is -2.07. The van der Waals surface area contributed by atoms with Crippen LogP contribution in [0.2, 0.25) is 0 Å². The molecule has 0 aliphatic carbocycles. The van der Waals surface area contributed by atoms with Crippen molar-refractivity contribution in [2.75, 3.05) is 5.75 Å². The number of rotatable bonds is 6. The van der Waals surface area contributed by atoms with Gasteiger partial charge in [0.25, 0.3) is 0 Å². The Hall–Kier alpha value is -2.47. The van der Waals surface area contributed by atoms with Crippen LogP contribution in [-0.2, 0) is 6.54 Å². The standard InChI is InChI=1S/C18H18N4OS/c1-13-8-9-14(2)16(10-13)17(23)12-24-18-19-20-21-22(18)11-15-6-4-3-5-7-15/h3-10H,11-12H2,1-2H3. The van der Waals surface area contributed by atoms with Crippen molar-refractivity contribution < 1.29 is 4.79 Å². The maximum atomic E-state index is 12.5. The van der Waals surface area contributed by atoms with Crippen LogP contribution in [0.5, 0.6) is 0 Å². The summed E-state index contributed by atoms with van der Waals surface area (Å²) in [5, 5.41) is 12.4. The number of Topliss-reactive ketones (excluding diaryl/α,β-unsaturated/α-hetero) is 1.